The van der Waals surface area contributed by atoms with Crippen molar-refractivity contribution in [2.75, 3.05) is 26.7 Å². The molecule has 0 aliphatic carbocycles. The number of likely N-dealkylation sites (tertiary alicyclic amines) is 1. The molecule has 1 aromatic heterocycles. The van der Waals surface area contributed by atoms with E-state index < -0.39 is 0 Å². The molecule has 1 N–H and O–H groups in total. The quantitative estimate of drug-likeness (QED) is 0.660. The first kappa shape index (κ1) is 19.5. The number of nitrogens with zero attached hydrogens (tertiary/aromatic N) is 1. The lowest BCUT2D eigenvalue weighted by molar-refractivity contribution is -0.120. The Kier molecular flexibility index (Phi) is 6.15. The molecule has 1 atom stereocenters. The molecule has 0 radical (unpaired) electrons. The highest BCUT2D eigenvalue weighted by Crippen LogP contribution is 2.23. The molecule has 0 spiro atoms. The Morgan fingerprint density at radius 3 is 2.83 bits per heavy atom. The molecule has 2 heterocycles. The number of hydrogen-bond acceptors (Lipinski definition) is 4. The van der Waals surface area contributed by atoms with E-state index in [0.717, 1.165) is 67.1 Å². The number of benzene rings is 2. The monoisotopic (exact) mass is 392 g/mol. The molecule has 2 aromatic carbocycles. The van der Waals surface area contributed by atoms with Crippen molar-refractivity contribution in [3.63, 3.8) is 0 Å². The molecule has 1 unspecified atom stereocenters. The van der Waals surface area contributed by atoms with Crippen LogP contribution in [0.5, 0.6) is 5.75 Å². The number of nitrogens with one attached hydrogen (secondary N) is 1. The van der Waals surface area contributed by atoms with Gasteiger partial charge in [-0.05, 0) is 55.1 Å². The van der Waals surface area contributed by atoms with E-state index in [4.69, 9.17) is 9.15 Å². The van der Waals surface area contributed by atoms with Crippen LogP contribution in [-0.4, -0.2) is 37.6 Å². The second kappa shape index (κ2) is 9.14. The molecule has 1 aliphatic rings. The molecule has 29 heavy (non-hydrogen) atoms. The van der Waals surface area contributed by atoms with Crippen LogP contribution >= 0.6 is 0 Å². The number of fused-ring (bicyclic) bond motifs is 1. The fourth-order valence-electron chi connectivity index (χ4n) is 4.05. The summed E-state index contributed by atoms with van der Waals surface area (Å²) in [5.74, 6) is 2.37. The van der Waals surface area contributed by atoms with Crippen LogP contribution < -0.4 is 10.1 Å². The summed E-state index contributed by atoms with van der Waals surface area (Å²) in [6.07, 6.45) is 2.71. The first-order chi connectivity index (χ1) is 14.2. The number of piperidine rings is 1. The van der Waals surface area contributed by atoms with Crippen molar-refractivity contribution >= 4 is 16.9 Å². The van der Waals surface area contributed by atoms with Gasteiger partial charge in [0.25, 0.3) is 0 Å². The van der Waals surface area contributed by atoms with Crippen LogP contribution in [0.3, 0.4) is 0 Å². The minimum atomic E-state index is 0.0737. The van der Waals surface area contributed by atoms with E-state index in [-0.39, 0.29) is 5.91 Å². The van der Waals surface area contributed by atoms with Crippen molar-refractivity contribution in [1.82, 2.24) is 10.2 Å². The van der Waals surface area contributed by atoms with Crippen molar-refractivity contribution < 1.29 is 13.9 Å². The zero-order valence-electron chi connectivity index (χ0n) is 16.9. The smallest absolute Gasteiger partial charge is 0.224 e. The third-order valence-electron chi connectivity index (χ3n) is 5.57. The minimum absolute atomic E-state index is 0.0737. The van der Waals surface area contributed by atoms with Crippen molar-refractivity contribution in [2.24, 2.45) is 5.92 Å². The average molecular weight is 392 g/mol. The number of ether oxygens (including phenoxy) is 1. The number of methoxy groups -OCH3 is 1. The Morgan fingerprint density at radius 2 is 2.03 bits per heavy atom. The number of para-hydroxylation sites is 1. The van der Waals surface area contributed by atoms with Crippen LogP contribution in [0.25, 0.3) is 11.0 Å². The zero-order chi connectivity index (χ0) is 20.1. The number of carbonyl (C=O) groups is 1. The number of furan rings is 1. The van der Waals surface area contributed by atoms with Gasteiger partial charge >= 0.3 is 0 Å². The topological polar surface area (TPSA) is 54.7 Å². The molecule has 3 aromatic rings. The lowest BCUT2D eigenvalue weighted by Gasteiger charge is -2.32. The predicted molar refractivity (Wildman–Crippen MR) is 114 cm³/mol. The number of hydrogen-bond donors (Lipinski definition) is 1. The fourth-order valence-corrected chi connectivity index (χ4v) is 4.05. The summed E-state index contributed by atoms with van der Waals surface area (Å²) < 4.78 is 11.1. The molecule has 0 saturated carbocycles. The minimum Gasteiger partial charge on any atom is -0.497 e. The number of amides is 1. The van der Waals surface area contributed by atoms with Crippen LogP contribution in [0, 0.1) is 5.92 Å². The van der Waals surface area contributed by atoms with Crippen molar-refractivity contribution in [1.29, 1.82) is 0 Å². The number of rotatable bonds is 7. The summed E-state index contributed by atoms with van der Waals surface area (Å²) in [7, 11) is 1.64. The van der Waals surface area contributed by atoms with Gasteiger partial charge in [-0.15, -0.1) is 0 Å². The average Bonchev–Trinajstić information content (AvgIpc) is 3.15. The maximum Gasteiger partial charge on any atom is 0.224 e. The maximum atomic E-state index is 12.3. The second-order valence-electron chi connectivity index (χ2n) is 7.82. The summed E-state index contributed by atoms with van der Waals surface area (Å²) >= 11 is 0. The SMILES string of the molecule is COc1ccc(CC(=O)NCC2CCCN(Cc3cc4ccccc4o3)C2)cc1. The Balaban J connectivity index is 1.25. The van der Waals surface area contributed by atoms with E-state index in [9.17, 15) is 4.79 Å². The van der Waals surface area contributed by atoms with Crippen molar-refractivity contribution in [3.8, 4) is 5.75 Å². The molecule has 4 rings (SSSR count). The summed E-state index contributed by atoms with van der Waals surface area (Å²) in [4.78, 5) is 14.7. The van der Waals surface area contributed by atoms with E-state index in [1.54, 1.807) is 7.11 Å². The standard InChI is InChI=1S/C24H28N2O3/c1-28-21-10-8-18(9-11-21)13-24(27)25-15-19-5-4-12-26(16-19)17-22-14-20-6-2-3-7-23(20)29-22/h2-3,6-11,14,19H,4-5,12-13,15-17H2,1H3,(H,25,27). The molecule has 152 valence electrons. The van der Waals surface area contributed by atoms with E-state index in [1.807, 2.05) is 42.5 Å². The van der Waals surface area contributed by atoms with Crippen LogP contribution in [0.1, 0.15) is 24.2 Å². The molecule has 5 nitrogen and oxygen atoms in total. The molecule has 1 aliphatic heterocycles. The second-order valence-corrected chi connectivity index (χ2v) is 7.82. The lowest BCUT2D eigenvalue weighted by atomic mass is 9.97. The summed E-state index contributed by atoms with van der Waals surface area (Å²) in [5.41, 5.74) is 1.94. The molecule has 5 heteroatoms. The van der Waals surface area contributed by atoms with Gasteiger partial charge in [0.15, 0.2) is 0 Å². The fraction of sp³-hybridized carbons (Fsp3) is 0.375. The molecule has 1 saturated heterocycles. The zero-order valence-corrected chi connectivity index (χ0v) is 16.9. The third kappa shape index (κ3) is 5.18. The first-order valence-electron chi connectivity index (χ1n) is 10.3. The van der Waals surface area contributed by atoms with Crippen molar-refractivity contribution in [3.05, 3.63) is 65.9 Å². The van der Waals surface area contributed by atoms with Gasteiger partial charge < -0.3 is 14.5 Å². The van der Waals surface area contributed by atoms with Crippen LogP contribution in [0.2, 0.25) is 0 Å². The first-order valence-corrected chi connectivity index (χ1v) is 10.3. The summed E-state index contributed by atoms with van der Waals surface area (Å²) in [6.45, 7) is 3.61. The Bertz CT molecular complexity index is 915. The summed E-state index contributed by atoms with van der Waals surface area (Å²) in [6, 6.07) is 17.9. The van der Waals surface area contributed by atoms with Crippen LogP contribution in [0.15, 0.2) is 59.0 Å². The van der Waals surface area contributed by atoms with Gasteiger partial charge in [0, 0.05) is 18.5 Å². The Morgan fingerprint density at radius 1 is 1.21 bits per heavy atom. The summed E-state index contributed by atoms with van der Waals surface area (Å²) in [5, 5.41) is 4.27. The van der Waals surface area contributed by atoms with Gasteiger partial charge in [-0.1, -0.05) is 30.3 Å². The normalized spacial score (nSPS) is 17.3. The number of carbonyl (C=O) groups excluding carboxylic acids is 1. The van der Waals surface area contributed by atoms with E-state index in [2.05, 4.69) is 22.3 Å². The van der Waals surface area contributed by atoms with Crippen LogP contribution in [0.4, 0.5) is 0 Å². The van der Waals surface area contributed by atoms with E-state index in [1.165, 1.54) is 0 Å². The molecular formula is C24H28N2O3. The molecular weight excluding hydrogens is 364 g/mol. The molecule has 1 amide bonds. The van der Waals surface area contributed by atoms with Gasteiger partial charge in [-0.2, -0.15) is 0 Å². The largest absolute Gasteiger partial charge is 0.497 e. The predicted octanol–water partition coefficient (Wildman–Crippen LogP) is 4.01. The highest BCUT2D eigenvalue weighted by molar-refractivity contribution is 5.78. The Hall–Kier alpha value is -2.79. The van der Waals surface area contributed by atoms with Gasteiger partial charge in [0.05, 0.1) is 20.1 Å². The highest BCUT2D eigenvalue weighted by Gasteiger charge is 2.21. The van der Waals surface area contributed by atoms with E-state index >= 15 is 0 Å². The van der Waals surface area contributed by atoms with Gasteiger partial charge in [-0.3, -0.25) is 9.69 Å². The van der Waals surface area contributed by atoms with Crippen molar-refractivity contribution in [2.45, 2.75) is 25.8 Å². The van der Waals surface area contributed by atoms with Crippen LogP contribution in [-0.2, 0) is 17.8 Å². The van der Waals surface area contributed by atoms with Gasteiger partial charge in [-0.25, -0.2) is 0 Å². The maximum absolute atomic E-state index is 12.3. The van der Waals surface area contributed by atoms with Gasteiger partial charge in [0.2, 0.25) is 5.91 Å². The lowest BCUT2D eigenvalue weighted by Crippen LogP contribution is -2.40. The van der Waals surface area contributed by atoms with Gasteiger partial charge in [0.1, 0.15) is 17.1 Å². The van der Waals surface area contributed by atoms with E-state index in [0.29, 0.717) is 12.3 Å². The highest BCUT2D eigenvalue weighted by atomic mass is 16.5. The molecule has 1 fully saturated rings. The molecule has 0 bridgehead atoms. The Labute approximate surface area is 171 Å². The third-order valence-corrected chi connectivity index (χ3v) is 5.57.